The zero-order chi connectivity index (χ0) is 20.2. The molecule has 4 rings (SSSR count). The lowest BCUT2D eigenvalue weighted by Crippen LogP contribution is -2.42. The Hall–Kier alpha value is -3.26. The number of amides is 1. The van der Waals surface area contributed by atoms with Crippen LogP contribution in [0.5, 0.6) is 0 Å². The van der Waals surface area contributed by atoms with Crippen molar-refractivity contribution < 1.29 is 4.79 Å². The number of carbonyl (C=O) groups excluding carboxylic acids is 1. The zero-order valence-corrected chi connectivity index (χ0v) is 16.6. The van der Waals surface area contributed by atoms with Crippen molar-refractivity contribution in [1.82, 2.24) is 14.9 Å². The van der Waals surface area contributed by atoms with E-state index in [1.54, 1.807) is 12.3 Å². The van der Waals surface area contributed by atoms with Crippen LogP contribution in [0, 0.1) is 17.2 Å². The maximum Gasteiger partial charge on any atom is 0.222 e. The number of nitrogens with zero attached hydrogens (tertiary/aromatic N) is 4. The summed E-state index contributed by atoms with van der Waals surface area (Å²) in [6, 6.07) is 15.9. The van der Waals surface area contributed by atoms with Crippen molar-refractivity contribution in [2.45, 2.75) is 32.1 Å². The predicted octanol–water partition coefficient (Wildman–Crippen LogP) is 4.09. The fraction of sp³-hybridized carbons (Fsp3) is 0.333. The Morgan fingerprint density at radius 2 is 2.10 bits per heavy atom. The van der Waals surface area contributed by atoms with Gasteiger partial charge in [-0.2, -0.15) is 5.26 Å². The van der Waals surface area contributed by atoms with Crippen LogP contribution in [0.4, 0.5) is 0 Å². The molecule has 1 aliphatic rings. The topological polar surface area (TPSA) is 69.9 Å². The number of hydrogen-bond acceptors (Lipinski definition) is 4. The van der Waals surface area contributed by atoms with E-state index in [1.165, 1.54) is 0 Å². The first-order chi connectivity index (χ1) is 14.1. The maximum absolute atomic E-state index is 12.8. The minimum absolute atomic E-state index is 0.184. The van der Waals surface area contributed by atoms with Gasteiger partial charge in [0.1, 0.15) is 6.07 Å². The summed E-state index contributed by atoms with van der Waals surface area (Å²) in [5.41, 5.74) is 3.40. The second-order valence-electron chi connectivity index (χ2n) is 7.92. The van der Waals surface area contributed by atoms with E-state index in [0.717, 1.165) is 35.1 Å². The number of piperidine rings is 1. The molecule has 5 nitrogen and oxygen atoms in total. The van der Waals surface area contributed by atoms with Gasteiger partial charge in [0.05, 0.1) is 11.1 Å². The molecule has 3 aromatic rings. The van der Waals surface area contributed by atoms with E-state index >= 15 is 0 Å². The molecule has 0 spiro atoms. The SMILES string of the molecule is C[C@H]1C[C@@H](c2ccc3cccc(C#N)c3n2)CN(C(=O)CCc2cccnc2)C1. The molecule has 0 aliphatic carbocycles. The smallest absolute Gasteiger partial charge is 0.222 e. The molecule has 0 unspecified atom stereocenters. The minimum atomic E-state index is 0.184. The molecular formula is C24H24N4O. The number of carbonyl (C=O) groups is 1. The summed E-state index contributed by atoms with van der Waals surface area (Å²) in [6.45, 7) is 3.66. The molecule has 1 aliphatic heterocycles. The highest BCUT2D eigenvalue weighted by Gasteiger charge is 2.29. The fourth-order valence-electron chi connectivity index (χ4n) is 4.20. The molecule has 29 heavy (non-hydrogen) atoms. The monoisotopic (exact) mass is 384 g/mol. The lowest BCUT2D eigenvalue weighted by molar-refractivity contribution is -0.133. The number of nitriles is 1. The van der Waals surface area contributed by atoms with Crippen LogP contribution in [0.15, 0.2) is 54.9 Å². The Morgan fingerprint density at radius 3 is 2.90 bits per heavy atom. The molecular weight excluding hydrogens is 360 g/mol. The van der Waals surface area contributed by atoms with Gasteiger partial charge in [0.15, 0.2) is 0 Å². The minimum Gasteiger partial charge on any atom is -0.342 e. The largest absolute Gasteiger partial charge is 0.342 e. The van der Waals surface area contributed by atoms with Crippen molar-refractivity contribution in [3.05, 3.63) is 71.7 Å². The molecule has 0 N–H and O–H groups in total. The normalized spacial score (nSPS) is 19.1. The molecule has 0 saturated carbocycles. The van der Waals surface area contributed by atoms with E-state index in [9.17, 15) is 10.1 Å². The third kappa shape index (κ3) is 4.27. The zero-order valence-electron chi connectivity index (χ0n) is 16.6. The number of likely N-dealkylation sites (tertiary alicyclic amines) is 1. The molecule has 0 bridgehead atoms. The number of rotatable bonds is 4. The van der Waals surface area contributed by atoms with Gasteiger partial charge in [-0.1, -0.05) is 31.2 Å². The number of para-hydroxylation sites is 1. The Morgan fingerprint density at radius 1 is 1.21 bits per heavy atom. The molecule has 1 saturated heterocycles. The van der Waals surface area contributed by atoms with Gasteiger partial charge >= 0.3 is 0 Å². The first-order valence-corrected chi connectivity index (χ1v) is 10.1. The van der Waals surface area contributed by atoms with Crippen LogP contribution in [-0.4, -0.2) is 33.9 Å². The van der Waals surface area contributed by atoms with E-state index in [-0.39, 0.29) is 11.8 Å². The fourth-order valence-corrected chi connectivity index (χ4v) is 4.20. The summed E-state index contributed by atoms with van der Waals surface area (Å²) in [5, 5.41) is 10.4. The van der Waals surface area contributed by atoms with Gasteiger partial charge < -0.3 is 4.90 Å². The number of hydrogen-bond donors (Lipinski definition) is 0. The van der Waals surface area contributed by atoms with Gasteiger partial charge in [-0.25, -0.2) is 0 Å². The molecule has 0 radical (unpaired) electrons. The van der Waals surface area contributed by atoms with E-state index in [0.29, 0.717) is 30.9 Å². The maximum atomic E-state index is 12.8. The van der Waals surface area contributed by atoms with E-state index in [2.05, 4.69) is 18.0 Å². The Labute approximate surface area is 171 Å². The summed E-state index contributed by atoms with van der Waals surface area (Å²) >= 11 is 0. The van der Waals surface area contributed by atoms with Gasteiger partial charge in [0.25, 0.3) is 0 Å². The van der Waals surface area contributed by atoms with Gasteiger partial charge in [0.2, 0.25) is 5.91 Å². The number of benzene rings is 1. The third-order valence-corrected chi connectivity index (χ3v) is 5.64. The van der Waals surface area contributed by atoms with E-state index in [4.69, 9.17) is 4.98 Å². The van der Waals surface area contributed by atoms with Crippen molar-refractivity contribution in [2.24, 2.45) is 5.92 Å². The highest BCUT2D eigenvalue weighted by Crippen LogP contribution is 2.31. The quantitative estimate of drug-likeness (QED) is 0.679. The average Bonchev–Trinajstić information content (AvgIpc) is 2.77. The summed E-state index contributed by atoms with van der Waals surface area (Å²) < 4.78 is 0. The lowest BCUT2D eigenvalue weighted by Gasteiger charge is -2.36. The van der Waals surface area contributed by atoms with Crippen molar-refractivity contribution in [3.8, 4) is 6.07 Å². The van der Waals surface area contributed by atoms with Crippen molar-refractivity contribution in [3.63, 3.8) is 0 Å². The highest BCUT2D eigenvalue weighted by molar-refractivity contribution is 5.84. The van der Waals surface area contributed by atoms with Crippen LogP contribution in [0.3, 0.4) is 0 Å². The van der Waals surface area contributed by atoms with Gasteiger partial charge in [-0.15, -0.1) is 0 Å². The van der Waals surface area contributed by atoms with E-state index in [1.807, 2.05) is 47.5 Å². The molecule has 1 fully saturated rings. The van der Waals surface area contributed by atoms with Crippen LogP contribution >= 0.6 is 0 Å². The number of aryl methyl sites for hydroxylation is 1. The summed E-state index contributed by atoms with van der Waals surface area (Å²) in [6.07, 6.45) is 5.77. The molecule has 146 valence electrons. The molecule has 5 heteroatoms. The highest BCUT2D eigenvalue weighted by atomic mass is 16.2. The van der Waals surface area contributed by atoms with Crippen LogP contribution in [0.2, 0.25) is 0 Å². The summed E-state index contributed by atoms with van der Waals surface area (Å²) in [7, 11) is 0. The first kappa shape index (κ1) is 19.1. The standard InChI is InChI=1S/C24H24N4O/c1-17-12-21(22-9-8-19-5-2-6-20(13-25)24(19)27-22)16-28(15-17)23(29)10-7-18-4-3-11-26-14-18/h2-6,8-9,11,14,17,21H,7,10,12,15-16H2,1H3/t17-,21+/m0/s1. The second kappa shape index (κ2) is 8.40. The molecule has 3 heterocycles. The summed E-state index contributed by atoms with van der Waals surface area (Å²) in [5.74, 6) is 0.793. The Bertz CT molecular complexity index is 1060. The van der Waals surface area contributed by atoms with Crippen LogP contribution in [0.1, 0.15) is 42.5 Å². The second-order valence-corrected chi connectivity index (χ2v) is 7.92. The average molecular weight is 384 g/mol. The lowest BCUT2D eigenvalue weighted by atomic mass is 9.87. The van der Waals surface area contributed by atoms with E-state index < -0.39 is 0 Å². The predicted molar refractivity (Wildman–Crippen MR) is 112 cm³/mol. The molecule has 2 atom stereocenters. The third-order valence-electron chi connectivity index (χ3n) is 5.64. The number of aromatic nitrogens is 2. The van der Waals surface area contributed by atoms with Crippen molar-refractivity contribution >= 4 is 16.8 Å². The first-order valence-electron chi connectivity index (χ1n) is 10.1. The van der Waals surface area contributed by atoms with Gasteiger partial charge in [0, 0.05) is 48.9 Å². The van der Waals surface area contributed by atoms with Crippen LogP contribution in [0.25, 0.3) is 10.9 Å². The van der Waals surface area contributed by atoms with Crippen molar-refractivity contribution in [1.29, 1.82) is 5.26 Å². The van der Waals surface area contributed by atoms with Crippen LogP contribution < -0.4 is 0 Å². The summed E-state index contributed by atoms with van der Waals surface area (Å²) in [4.78, 5) is 23.8. The van der Waals surface area contributed by atoms with Gasteiger partial charge in [-0.3, -0.25) is 14.8 Å². The molecule has 1 amide bonds. The number of pyridine rings is 2. The number of fused-ring (bicyclic) bond motifs is 1. The Kier molecular flexibility index (Phi) is 5.53. The van der Waals surface area contributed by atoms with Crippen molar-refractivity contribution in [2.75, 3.05) is 13.1 Å². The molecule has 1 aromatic carbocycles. The van der Waals surface area contributed by atoms with Gasteiger partial charge in [-0.05, 0) is 42.5 Å². The molecule has 2 aromatic heterocycles. The van der Waals surface area contributed by atoms with Crippen LogP contribution in [-0.2, 0) is 11.2 Å². The Balaban J connectivity index is 1.51.